The maximum absolute atomic E-state index is 12.5. The third kappa shape index (κ3) is 6.35. The van der Waals surface area contributed by atoms with Gasteiger partial charge in [0.15, 0.2) is 5.16 Å². The van der Waals surface area contributed by atoms with Gasteiger partial charge in [-0.3, -0.25) is 14.3 Å². The Hall–Kier alpha value is -2.77. The number of rotatable bonds is 11. The van der Waals surface area contributed by atoms with Gasteiger partial charge in [-0.15, -0.1) is 0 Å². The summed E-state index contributed by atoms with van der Waals surface area (Å²) in [5, 5.41) is 3.83. The van der Waals surface area contributed by atoms with Crippen LogP contribution in [-0.4, -0.2) is 46.3 Å². The summed E-state index contributed by atoms with van der Waals surface area (Å²) in [6.45, 7) is 7.78. The number of amides is 1. The number of benzene rings is 2. The van der Waals surface area contributed by atoms with Gasteiger partial charge in [-0.25, -0.2) is 4.98 Å². The first-order chi connectivity index (χ1) is 15.1. The molecule has 0 aliphatic heterocycles. The lowest BCUT2D eigenvalue weighted by Gasteiger charge is -2.20. The van der Waals surface area contributed by atoms with Crippen molar-refractivity contribution in [1.82, 2.24) is 19.8 Å². The number of carbonyl (C=O) groups excluding carboxylic acids is 1. The molecule has 0 atom stereocenters. The van der Waals surface area contributed by atoms with Gasteiger partial charge >= 0.3 is 0 Å². The van der Waals surface area contributed by atoms with Gasteiger partial charge in [0.05, 0.1) is 12.9 Å². The number of nitrogens with one attached hydrogen (secondary N) is 1. The Kier molecular flexibility index (Phi) is 8.55. The van der Waals surface area contributed by atoms with Crippen molar-refractivity contribution in [2.24, 2.45) is 0 Å². The summed E-state index contributed by atoms with van der Waals surface area (Å²) < 4.78 is 7.18. The summed E-state index contributed by atoms with van der Waals surface area (Å²) in [6, 6.07) is 16.1. The fourth-order valence-electron chi connectivity index (χ4n) is 3.28. The number of aromatic nitrogens is 2. The Morgan fingerprint density at radius 1 is 1.10 bits per heavy atom. The van der Waals surface area contributed by atoms with Crippen LogP contribution in [0.1, 0.15) is 25.0 Å². The summed E-state index contributed by atoms with van der Waals surface area (Å²) in [7, 11) is 1.65. The van der Waals surface area contributed by atoms with E-state index < -0.39 is 0 Å². The van der Waals surface area contributed by atoms with Crippen molar-refractivity contribution in [3.05, 3.63) is 72.1 Å². The largest absolute Gasteiger partial charge is 0.497 e. The first kappa shape index (κ1) is 22.9. The highest BCUT2D eigenvalue weighted by Crippen LogP contribution is 2.22. The number of nitrogens with zero attached hydrogens (tertiary/aromatic N) is 3. The summed E-state index contributed by atoms with van der Waals surface area (Å²) in [6.07, 6.45) is 3.64. The first-order valence-corrected chi connectivity index (χ1v) is 11.5. The lowest BCUT2D eigenvalue weighted by Crippen LogP contribution is -2.27. The Labute approximate surface area is 188 Å². The van der Waals surface area contributed by atoms with Crippen LogP contribution in [0.15, 0.2) is 66.1 Å². The molecule has 6 nitrogen and oxygen atoms in total. The van der Waals surface area contributed by atoms with Gasteiger partial charge in [-0.2, -0.15) is 0 Å². The molecule has 0 saturated carbocycles. The second-order valence-electron chi connectivity index (χ2n) is 7.07. The predicted octanol–water partition coefficient (Wildman–Crippen LogP) is 4.13. The van der Waals surface area contributed by atoms with Gasteiger partial charge in [-0.05, 0) is 48.5 Å². The van der Waals surface area contributed by atoms with Gasteiger partial charge < -0.3 is 10.1 Å². The lowest BCUT2D eigenvalue weighted by atomic mass is 10.1. The number of hydrogen-bond acceptors (Lipinski definition) is 5. The van der Waals surface area contributed by atoms with Gasteiger partial charge in [0.2, 0.25) is 5.91 Å². The number of imidazole rings is 1. The fraction of sp³-hybridized carbons (Fsp3) is 0.333. The van der Waals surface area contributed by atoms with Crippen LogP contribution in [0.2, 0.25) is 0 Å². The topological polar surface area (TPSA) is 59.4 Å². The molecule has 0 spiro atoms. The minimum atomic E-state index is -0.00748. The summed E-state index contributed by atoms with van der Waals surface area (Å²) in [5.41, 5.74) is 3.40. The molecule has 31 heavy (non-hydrogen) atoms. The molecular formula is C24H30N4O2S. The van der Waals surface area contributed by atoms with Crippen LogP contribution >= 0.6 is 11.8 Å². The third-order valence-electron chi connectivity index (χ3n) is 5.17. The number of hydrogen-bond donors (Lipinski definition) is 1. The molecule has 1 heterocycles. The van der Waals surface area contributed by atoms with Crippen LogP contribution in [0.25, 0.3) is 5.69 Å². The number of carbonyl (C=O) groups is 1. The van der Waals surface area contributed by atoms with E-state index in [0.717, 1.165) is 41.8 Å². The van der Waals surface area contributed by atoms with E-state index >= 15 is 0 Å². The van der Waals surface area contributed by atoms with E-state index in [1.54, 1.807) is 13.3 Å². The Morgan fingerprint density at radius 3 is 2.48 bits per heavy atom. The highest BCUT2D eigenvalue weighted by atomic mass is 32.2. The van der Waals surface area contributed by atoms with Crippen molar-refractivity contribution in [2.45, 2.75) is 32.1 Å². The molecule has 2 aromatic carbocycles. The van der Waals surface area contributed by atoms with Crippen molar-refractivity contribution in [3.63, 3.8) is 0 Å². The second-order valence-corrected chi connectivity index (χ2v) is 8.02. The zero-order valence-corrected chi connectivity index (χ0v) is 19.2. The van der Waals surface area contributed by atoms with Crippen LogP contribution in [0.5, 0.6) is 5.75 Å². The average Bonchev–Trinajstić information content (AvgIpc) is 3.29. The maximum atomic E-state index is 12.5. The molecule has 0 unspecified atom stereocenters. The van der Waals surface area contributed by atoms with E-state index in [1.165, 1.54) is 17.3 Å². The minimum Gasteiger partial charge on any atom is -0.497 e. The monoisotopic (exact) mass is 438 g/mol. The Balaban J connectivity index is 1.56. The molecule has 0 fully saturated rings. The van der Waals surface area contributed by atoms with Crippen LogP contribution in [0.3, 0.4) is 0 Å². The van der Waals surface area contributed by atoms with Crippen molar-refractivity contribution in [1.29, 1.82) is 0 Å². The van der Waals surface area contributed by atoms with Crippen LogP contribution in [0, 0.1) is 0 Å². The molecular weight excluding hydrogens is 408 g/mol. The smallest absolute Gasteiger partial charge is 0.230 e. The molecule has 3 aromatic rings. The standard InChI is InChI=1S/C24H30N4O2S/c1-4-27(5-2)17-20-9-7-6-8-19(20)16-26-23(29)18-31-24-25-14-15-28(24)21-10-12-22(30-3)13-11-21/h6-15H,4-5,16-18H2,1-3H3,(H,26,29). The van der Waals surface area contributed by atoms with Crippen molar-refractivity contribution in [3.8, 4) is 11.4 Å². The summed E-state index contributed by atoms with van der Waals surface area (Å²) in [4.78, 5) is 19.3. The van der Waals surface area contributed by atoms with E-state index in [-0.39, 0.29) is 5.91 Å². The molecule has 1 aromatic heterocycles. The molecule has 0 saturated heterocycles. The maximum Gasteiger partial charge on any atom is 0.230 e. The SMILES string of the molecule is CCN(CC)Cc1ccccc1CNC(=O)CSc1nccn1-c1ccc(OC)cc1. The second kappa shape index (κ2) is 11.6. The van der Waals surface area contributed by atoms with Gasteiger partial charge in [-0.1, -0.05) is 49.9 Å². The number of methoxy groups -OCH3 is 1. The number of ether oxygens (including phenoxy) is 1. The van der Waals surface area contributed by atoms with E-state index in [9.17, 15) is 4.79 Å². The van der Waals surface area contributed by atoms with E-state index in [2.05, 4.69) is 47.2 Å². The van der Waals surface area contributed by atoms with E-state index in [4.69, 9.17) is 4.74 Å². The zero-order chi connectivity index (χ0) is 22.1. The minimum absolute atomic E-state index is 0.00748. The number of thioether (sulfide) groups is 1. The molecule has 7 heteroatoms. The third-order valence-corrected chi connectivity index (χ3v) is 6.14. The normalized spacial score (nSPS) is 11.0. The van der Waals surface area contributed by atoms with Crippen molar-refractivity contribution < 1.29 is 9.53 Å². The molecule has 0 aliphatic carbocycles. The summed E-state index contributed by atoms with van der Waals surface area (Å²) in [5.74, 6) is 1.11. The van der Waals surface area contributed by atoms with Crippen LogP contribution in [0.4, 0.5) is 0 Å². The Bertz CT molecular complexity index is 968. The average molecular weight is 439 g/mol. The van der Waals surface area contributed by atoms with Crippen LogP contribution < -0.4 is 10.1 Å². The molecule has 1 N–H and O–H groups in total. The highest BCUT2D eigenvalue weighted by Gasteiger charge is 2.11. The quantitative estimate of drug-likeness (QED) is 0.456. The Morgan fingerprint density at radius 2 is 1.81 bits per heavy atom. The highest BCUT2D eigenvalue weighted by molar-refractivity contribution is 7.99. The lowest BCUT2D eigenvalue weighted by molar-refractivity contribution is -0.118. The van der Waals surface area contributed by atoms with Crippen molar-refractivity contribution in [2.75, 3.05) is 26.0 Å². The van der Waals surface area contributed by atoms with Gasteiger partial charge in [0, 0.05) is 31.2 Å². The van der Waals surface area contributed by atoms with Crippen LogP contribution in [-0.2, 0) is 17.9 Å². The van der Waals surface area contributed by atoms with Gasteiger partial charge in [0.25, 0.3) is 0 Å². The molecule has 3 rings (SSSR count). The molecule has 0 aliphatic rings. The van der Waals surface area contributed by atoms with Gasteiger partial charge in [0.1, 0.15) is 5.75 Å². The molecule has 164 valence electrons. The molecule has 0 radical (unpaired) electrons. The van der Waals surface area contributed by atoms with Crippen molar-refractivity contribution >= 4 is 17.7 Å². The van der Waals surface area contributed by atoms with E-state index in [0.29, 0.717) is 12.3 Å². The fourth-order valence-corrected chi connectivity index (χ4v) is 4.09. The zero-order valence-electron chi connectivity index (χ0n) is 18.4. The van der Waals surface area contributed by atoms with E-state index in [1.807, 2.05) is 41.1 Å². The predicted molar refractivity (Wildman–Crippen MR) is 126 cm³/mol. The summed E-state index contributed by atoms with van der Waals surface area (Å²) >= 11 is 1.42. The molecule has 0 bridgehead atoms. The first-order valence-electron chi connectivity index (χ1n) is 10.5. The molecule has 1 amide bonds.